The number of hydrogen-bond donors (Lipinski definition) is 0. The van der Waals surface area contributed by atoms with Gasteiger partial charge in [0, 0.05) is 12.3 Å². The number of pyridine rings is 1. The van der Waals surface area contributed by atoms with Crippen LogP contribution in [0.1, 0.15) is 5.69 Å². The van der Waals surface area contributed by atoms with Gasteiger partial charge in [0.1, 0.15) is 11.5 Å². The molecule has 2 heterocycles. The van der Waals surface area contributed by atoms with Gasteiger partial charge in [0.15, 0.2) is 11.6 Å². The minimum Gasteiger partial charge on any atom is -0.490 e. The number of rotatable bonds is 4. The molecule has 3 rings (SSSR count). The lowest BCUT2D eigenvalue weighted by Crippen LogP contribution is -1.92. The second-order valence-corrected chi connectivity index (χ2v) is 4.91. The number of nitro groups is 1. The molecular formula is C15H12FN5O3. The highest BCUT2D eigenvalue weighted by molar-refractivity contribution is 5.56. The van der Waals surface area contributed by atoms with E-state index in [9.17, 15) is 14.5 Å². The minimum absolute atomic E-state index is 0.131. The van der Waals surface area contributed by atoms with Gasteiger partial charge in [-0.15, -0.1) is 10.2 Å². The van der Waals surface area contributed by atoms with Gasteiger partial charge in [-0.1, -0.05) is 0 Å². The zero-order valence-electron chi connectivity index (χ0n) is 12.8. The highest BCUT2D eigenvalue weighted by atomic mass is 19.1. The van der Waals surface area contributed by atoms with Crippen LogP contribution in [0, 0.1) is 22.9 Å². The Labute approximate surface area is 135 Å². The van der Waals surface area contributed by atoms with Crippen molar-refractivity contribution in [2.75, 3.05) is 7.11 Å². The predicted molar refractivity (Wildman–Crippen MR) is 83.7 cm³/mol. The van der Waals surface area contributed by atoms with Gasteiger partial charge in [-0.25, -0.2) is 9.37 Å². The summed E-state index contributed by atoms with van der Waals surface area (Å²) < 4.78 is 19.8. The Morgan fingerprint density at radius 3 is 2.79 bits per heavy atom. The summed E-state index contributed by atoms with van der Waals surface area (Å²) >= 11 is 0. The Kier molecular flexibility index (Phi) is 3.90. The van der Waals surface area contributed by atoms with Crippen LogP contribution in [0.4, 0.5) is 21.6 Å². The summed E-state index contributed by atoms with van der Waals surface area (Å²) in [6.07, 6.45) is 1.25. The van der Waals surface area contributed by atoms with Crippen molar-refractivity contribution in [2.24, 2.45) is 10.2 Å². The Morgan fingerprint density at radius 1 is 1.29 bits per heavy atom. The topological polar surface area (TPSA) is 94.4 Å². The quantitative estimate of drug-likeness (QED) is 0.409. The van der Waals surface area contributed by atoms with Crippen molar-refractivity contribution in [2.45, 2.75) is 6.92 Å². The molecule has 0 aliphatic rings. The molecule has 0 atom stereocenters. The molecule has 0 radical (unpaired) electrons. The van der Waals surface area contributed by atoms with E-state index in [1.807, 2.05) is 0 Å². The summed E-state index contributed by atoms with van der Waals surface area (Å²) in [5.41, 5.74) is 1.15. The predicted octanol–water partition coefficient (Wildman–Crippen LogP) is 4.11. The number of ether oxygens (including phenoxy) is 1. The van der Waals surface area contributed by atoms with Crippen molar-refractivity contribution in [3.63, 3.8) is 0 Å². The summed E-state index contributed by atoms with van der Waals surface area (Å²) in [6.45, 7) is 1.72. The lowest BCUT2D eigenvalue weighted by atomic mass is 10.2. The van der Waals surface area contributed by atoms with Crippen LogP contribution < -0.4 is 4.74 Å². The highest BCUT2D eigenvalue weighted by Crippen LogP contribution is 2.32. The Hall–Kier alpha value is -3.36. The number of aryl methyl sites for hydroxylation is 1. The third-order valence-electron chi connectivity index (χ3n) is 3.34. The van der Waals surface area contributed by atoms with Crippen molar-refractivity contribution in [3.05, 3.63) is 58.2 Å². The molecule has 0 aliphatic carbocycles. The number of methoxy groups -OCH3 is 1. The maximum atomic E-state index is 13.4. The lowest BCUT2D eigenvalue weighted by Gasteiger charge is -2.01. The fraction of sp³-hybridized carbons (Fsp3) is 0.133. The molecule has 122 valence electrons. The second kappa shape index (κ2) is 6.03. The summed E-state index contributed by atoms with van der Waals surface area (Å²) in [4.78, 5) is 14.7. The molecule has 0 amide bonds. The molecule has 2 aromatic heterocycles. The molecule has 0 aliphatic heterocycles. The Bertz CT molecular complexity index is 967. The largest absolute Gasteiger partial charge is 0.490 e. The molecular weight excluding hydrogens is 317 g/mol. The average molecular weight is 329 g/mol. The molecule has 8 nitrogen and oxygen atoms in total. The van der Waals surface area contributed by atoms with Gasteiger partial charge in [-0.05, 0) is 31.2 Å². The van der Waals surface area contributed by atoms with E-state index in [-0.39, 0.29) is 17.1 Å². The van der Waals surface area contributed by atoms with E-state index in [4.69, 9.17) is 4.74 Å². The molecule has 3 aromatic rings. The summed E-state index contributed by atoms with van der Waals surface area (Å²) in [5.74, 6) is 0.0476. The van der Waals surface area contributed by atoms with Crippen LogP contribution in [-0.2, 0) is 0 Å². The van der Waals surface area contributed by atoms with Crippen LogP contribution >= 0.6 is 0 Å². The number of aromatic nitrogens is 2. The molecule has 0 bridgehead atoms. The molecule has 0 saturated carbocycles. The van der Waals surface area contributed by atoms with Crippen LogP contribution in [-0.4, -0.2) is 21.4 Å². The second-order valence-electron chi connectivity index (χ2n) is 4.91. The molecule has 0 unspecified atom stereocenters. The average Bonchev–Trinajstić information content (AvgIpc) is 2.87. The maximum Gasteiger partial charge on any atom is 0.313 e. The van der Waals surface area contributed by atoms with E-state index in [1.165, 1.54) is 48.0 Å². The van der Waals surface area contributed by atoms with Gasteiger partial charge in [0.25, 0.3) is 0 Å². The molecule has 0 saturated heterocycles. The normalized spacial score (nSPS) is 11.3. The Morgan fingerprint density at radius 2 is 2.08 bits per heavy atom. The van der Waals surface area contributed by atoms with E-state index in [1.54, 1.807) is 6.92 Å². The van der Waals surface area contributed by atoms with E-state index >= 15 is 0 Å². The van der Waals surface area contributed by atoms with Gasteiger partial charge >= 0.3 is 5.69 Å². The number of nitrogens with zero attached hydrogens (tertiary/aromatic N) is 5. The van der Waals surface area contributed by atoms with E-state index in [0.29, 0.717) is 17.2 Å². The number of azo groups is 1. The third-order valence-corrected chi connectivity index (χ3v) is 3.34. The van der Waals surface area contributed by atoms with Gasteiger partial charge in [0.05, 0.1) is 23.4 Å². The van der Waals surface area contributed by atoms with E-state index < -0.39 is 10.7 Å². The lowest BCUT2D eigenvalue weighted by molar-refractivity contribution is -0.385. The van der Waals surface area contributed by atoms with Crippen molar-refractivity contribution in [3.8, 4) is 5.75 Å². The first-order chi connectivity index (χ1) is 11.5. The van der Waals surface area contributed by atoms with Crippen LogP contribution in [0.15, 0.2) is 46.8 Å². The van der Waals surface area contributed by atoms with Crippen LogP contribution in [0.5, 0.6) is 5.75 Å². The zero-order chi connectivity index (χ0) is 17.3. The van der Waals surface area contributed by atoms with Crippen LogP contribution in [0.3, 0.4) is 0 Å². The number of halogens is 1. The van der Waals surface area contributed by atoms with Gasteiger partial charge in [-0.2, -0.15) is 0 Å². The summed E-state index contributed by atoms with van der Waals surface area (Å²) in [6, 6.07) is 7.05. The molecule has 0 spiro atoms. The molecule has 9 heteroatoms. The van der Waals surface area contributed by atoms with Crippen LogP contribution in [0.25, 0.3) is 5.65 Å². The van der Waals surface area contributed by atoms with Gasteiger partial charge in [0.2, 0.25) is 0 Å². The number of fused-ring (bicyclic) bond motifs is 1. The smallest absolute Gasteiger partial charge is 0.313 e. The first kappa shape index (κ1) is 15.5. The standard InChI is InChI=1S/C15H12FN5O3/c1-9-15(20-8-10(16)3-6-14(20)17-9)19-18-11-4-5-13(24-2)12(7-11)21(22)23/h3-8H,1-2H3. The number of benzene rings is 1. The van der Waals surface area contributed by atoms with Crippen molar-refractivity contribution in [1.29, 1.82) is 0 Å². The fourth-order valence-electron chi connectivity index (χ4n) is 2.23. The monoisotopic (exact) mass is 329 g/mol. The maximum absolute atomic E-state index is 13.4. The Balaban J connectivity index is 2.03. The fourth-order valence-corrected chi connectivity index (χ4v) is 2.23. The zero-order valence-corrected chi connectivity index (χ0v) is 12.8. The number of hydrogen-bond acceptors (Lipinski definition) is 6. The summed E-state index contributed by atoms with van der Waals surface area (Å²) in [7, 11) is 1.35. The first-order valence-electron chi connectivity index (χ1n) is 6.88. The number of nitro benzene ring substituents is 1. The molecule has 1 aromatic carbocycles. The van der Waals surface area contributed by atoms with Gasteiger partial charge in [-0.3, -0.25) is 14.5 Å². The van der Waals surface area contributed by atoms with E-state index in [2.05, 4.69) is 15.2 Å². The van der Waals surface area contributed by atoms with Crippen molar-refractivity contribution < 1.29 is 14.1 Å². The van der Waals surface area contributed by atoms with Crippen molar-refractivity contribution >= 4 is 22.8 Å². The molecule has 0 fully saturated rings. The van der Waals surface area contributed by atoms with Crippen molar-refractivity contribution in [1.82, 2.24) is 9.38 Å². The third kappa shape index (κ3) is 2.78. The van der Waals surface area contributed by atoms with Crippen LogP contribution in [0.2, 0.25) is 0 Å². The summed E-state index contributed by atoms with van der Waals surface area (Å²) in [5, 5.41) is 19.1. The first-order valence-corrected chi connectivity index (χ1v) is 6.88. The SMILES string of the molecule is COc1ccc(N=Nc2c(C)nc3ccc(F)cn23)cc1[N+](=O)[O-]. The van der Waals surface area contributed by atoms with Gasteiger partial charge < -0.3 is 4.74 Å². The molecule has 0 N–H and O–H groups in total. The number of imidazole rings is 1. The highest BCUT2D eigenvalue weighted by Gasteiger charge is 2.15. The molecule has 24 heavy (non-hydrogen) atoms. The van der Waals surface area contributed by atoms with E-state index in [0.717, 1.165) is 0 Å². The minimum atomic E-state index is -0.563.